The maximum atomic E-state index is 9.77. The Hall–Kier alpha value is -1.00. The molecule has 4 nitrogen and oxygen atoms in total. The summed E-state index contributed by atoms with van der Waals surface area (Å²) in [5.41, 5.74) is 4.28. The Morgan fingerprint density at radius 2 is 2.08 bits per heavy atom. The molecular weight excluding hydrogens is 166 g/mol. The molecule has 0 aromatic carbocycles. The number of aromatic nitrogens is 2. The molecule has 0 aliphatic carbocycles. The Morgan fingerprint density at radius 3 is 2.62 bits per heavy atom. The van der Waals surface area contributed by atoms with Crippen molar-refractivity contribution in [1.82, 2.24) is 9.97 Å². The maximum absolute atomic E-state index is 9.77. The van der Waals surface area contributed by atoms with Crippen LogP contribution in [0, 0.1) is 0 Å². The Kier molecular flexibility index (Phi) is 3.33. The number of rotatable bonds is 4. The van der Waals surface area contributed by atoms with E-state index in [9.17, 15) is 5.11 Å². The Bertz CT molecular complexity index is 248. The van der Waals surface area contributed by atoms with E-state index in [2.05, 4.69) is 9.97 Å². The second-order valence-electron chi connectivity index (χ2n) is 3.10. The van der Waals surface area contributed by atoms with Gasteiger partial charge in [-0.2, -0.15) is 0 Å². The van der Waals surface area contributed by atoms with Gasteiger partial charge < -0.3 is 5.11 Å². The highest BCUT2D eigenvalue weighted by Gasteiger charge is 2.25. The van der Waals surface area contributed by atoms with Gasteiger partial charge in [0.1, 0.15) is 0 Å². The molecule has 0 bridgehead atoms. The first-order valence-electron chi connectivity index (χ1n) is 4.45. The van der Waals surface area contributed by atoms with Crippen LogP contribution in [-0.2, 0) is 5.72 Å². The van der Waals surface area contributed by atoms with Crippen molar-refractivity contribution >= 4 is 0 Å². The fourth-order valence-electron chi connectivity index (χ4n) is 1.08. The molecule has 1 aromatic rings. The average molecular weight is 181 g/mol. The van der Waals surface area contributed by atoms with E-state index in [0.717, 1.165) is 12.8 Å². The molecule has 0 amide bonds. The summed E-state index contributed by atoms with van der Waals surface area (Å²) in [6, 6.07) is 1.69. The van der Waals surface area contributed by atoms with Gasteiger partial charge in [-0.15, -0.1) is 0 Å². The van der Waals surface area contributed by atoms with Gasteiger partial charge in [0.05, 0.1) is 0 Å². The van der Waals surface area contributed by atoms with Gasteiger partial charge in [-0.25, -0.2) is 9.97 Å². The van der Waals surface area contributed by atoms with Crippen molar-refractivity contribution in [2.75, 3.05) is 0 Å². The molecule has 1 aromatic heterocycles. The smallest absolute Gasteiger partial charge is 0.175 e. The molecule has 3 N–H and O–H groups in total. The highest BCUT2D eigenvalue weighted by Crippen LogP contribution is 2.16. The number of nitrogens with two attached hydrogens (primary N) is 1. The molecular formula is C9H15N3O. The zero-order valence-electron chi connectivity index (χ0n) is 7.77. The minimum atomic E-state index is -1.38. The lowest BCUT2D eigenvalue weighted by molar-refractivity contribution is 0.0228. The number of hydrogen-bond acceptors (Lipinski definition) is 4. The van der Waals surface area contributed by atoms with E-state index in [-0.39, 0.29) is 0 Å². The Morgan fingerprint density at radius 1 is 1.46 bits per heavy atom. The van der Waals surface area contributed by atoms with Crippen molar-refractivity contribution in [2.24, 2.45) is 5.73 Å². The van der Waals surface area contributed by atoms with Crippen molar-refractivity contribution in [2.45, 2.75) is 31.9 Å². The largest absolute Gasteiger partial charge is 0.369 e. The molecule has 0 aliphatic heterocycles. The lowest BCUT2D eigenvalue weighted by atomic mass is 10.1. The molecule has 0 saturated carbocycles. The maximum Gasteiger partial charge on any atom is 0.175 e. The van der Waals surface area contributed by atoms with Crippen LogP contribution in [0.4, 0.5) is 0 Å². The molecule has 4 heteroatoms. The minimum absolute atomic E-state index is 0.295. The standard InChI is InChI=1S/C9H15N3O/c1-2-3-5-9(10,13)8-11-6-4-7-12-8/h4,6-7,13H,2-3,5,10H2,1H3. The van der Waals surface area contributed by atoms with Crippen LogP contribution in [-0.4, -0.2) is 15.1 Å². The van der Waals surface area contributed by atoms with Crippen LogP contribution in [0.1, 0.15) is 32.0 Å². The van der Waals surface area contributed by atoms with Gasteiger partial charge in [-0.3, -0.25) is 5.73 Å². The third kappa shape index (κ3) is 2.75. The molecule has 0 fully saturated rings. The van der Waals surface area contributed by atoms with E-state index in [1.54, 1.807) is 18.5 Å². The van der Waals surface area contributed by atoms with Crippen molar-refractivity contribution in [3.8, 4) is 0 Å². The van der Waals surface area contributed by atoms with E-state index in [0.29, 0.717) is 12.2 Å². The molecule has 1 heterocycles. The SMILES string of the molecule is CCCCC(N)(O)c1ncccn1. The minimum Gasteiger partial charge on any atom is -0.369 e. The molecule has 1 unspecified atom stereocenters. The van der Waals surface area contributed by atoms with Crippen molar-refractivity contribution in [3.05, 3.63) is 24.3 Å². The molecule has 72 valence electrons. The van der Waals surface area contributed by atoms with Crippen LogP contribution >= 0.6 is 0 Å². The quantitative estimate of drug-likeness (QED) is 0.673. The van der Waals surface area contributed by atoms with Crippen molar-refractivity contribution < 1.29 is 5.11 Å². The fraction of sp³-hybridized carbons (Fsp3) is 0.556. The lowest BCUT2D eigenvalue weighted by Crippen LogP contribution is -2.38. The van der Waals surface area contributed by atoms with Gasteiger partial charge >= 0.3 is 0 Å². The monoisotopic (exact) mass is 181 g/mol. The van der Waals surface area contributed by atoms with E-state index >= 15 is 0 Å². The molecule has 13 heavy (non-hydrogen) atoms. The fourth-order valence-corrected chi connectivity index (χ4v) is 1.08. The molecule has 1 rings (SSSR count). The summed E-state index contributed by atoms with van der Waals surface area (Å²) < 4.78 is 0. The van der Waals surface area contributed by atoms with Gasteiger partial charge in [0.15, 0.2) is 11.5 Å². The molecule has 0 spiro atoms. The number of aliphatic hydroxyl groups is 1. The summed E-state index contributed by atoms with van der Waals surface area (Å²) in [4.78, 5) is 7.83. The zero-order valence-corrected chi connectivity index (χ0v) is 7.77. The van der Waals surface area contributed by atoms with Crippen LogP contribution in [0.5, 0.6) is 0 Å². The topological polar surface area (TPSA) is 72.0 Å². The Balaban J connectivity index is 2.69. The molecule has 1 atom stereocenters. The van der Waals surface area contributed by atoms with Crippen LogP contribution in [0.25, 0.3) is 0 Å². The second kappa shape index (κ2) is 4.30. The highest BCUT2D eigenvalue weighted by molar-refractivity contribution is 4.98. The number of nitrogens with zero attached hydrogens (tertiary/aromatic N) is 2. The van der Waals surface area contributed by atoms with Crippen LogP contribution < -0.4 is 5.73 Å². The van der Waals surface area contributed by atoms with E-state index < -0.39 is 5.72 Å². The zero-order chi connectivity index (χ0) is 9.73. The predicted octanol–water partition coefficient (Wildman–Crippen LogP) is 0.771. The summed E-state index contributed by atoms with van der Waals surface area (Å²) in [5.74, 6) is 0.295. The molecule has 0 aliphatic rings. The number of unbranched alkanes of at least 4 members (excludes halogenated alkanes) is 1. The summed E-state index contributed by atoms with van der Waals surface area (Å²) in [7, 11) is 0. The van der Waals surface area contributed by atoms with Crippen LogP contribution in [0.2, 0.25) is 0 Å². The van der Waals surface area contributed by atoms with Gasteiger partial charge in [-0.1, -0.05) is 13.3 Å². The first-order valence-corrected chi connectivity index (χ1v) is 4.45. The van der Waals surface area contributed by atoms with E-state index in [4.69, 9.17) is 5.73 Å². The van der Waals surface area contributed by atoms with Gasteiger partial charge in [0.25, 0.3) is 0 Å². The van der Waals surface area contributed by atoms with Gasteiger partial charge in [-0.05, 0) is 18.9 Å². The highest BCUT2D eigenvalue weighted by atomic mass is 16.3. The molecule has 0 radical (unpaired) electrons. The van der Waals surface area contributed by atoms with Gasteiger partial charge in [0, 0.05) is 12.4 Å². The third-order valence-corrected chi connectivity index (χ3v) is 1.86. The lowest BCUT2D eigenvalue weighted by Gasteiger charge is -2.20. The Labute approximate surface area is 77.8 Å². The van der Waals surface area contributed by atoms with E-state index in [1.165, 1.54) is 0 Å². The normalized spacial score (nSPS) is 15.3. The summed E-state index contributed by atoms with van der Waals surface area (Å²) in [6.07, 6.45) is 5.50. The first kappa shape index (κ1) is 10.1. The summed E-state index contributed by atoms with van der Waals surface area (Å²) >= 11 is 0. The third-order valence-electron chi connectivity index (χ3n) is 1.86. The second-order valence-corrected chi connectivity index (χ2v) is 3.10. The predicted molar refractivity (Wildman–Crippen MR) is 49.6 cm³/mol. The van der Waals surface area contributed by atoms with Crippen LogP contribution in [0.15, 0.2) is 18.5 Å². The average Bonchev–Trinajstić information content (AvgIpc) is 2.16. The summed E-state index contributed by atoms with van der Waals surface area (Å²) in [5, 5.41) is 9.77. The van der Waals surface area contributed by atoms with Crippen molar-refractivity contribution in [1.29, 1.82) is 0 Å². The van der Waals surface area contributed by atoms with Crippen molar-refractivity contribution in [3.63, 3.8) is 0 Å². The molecule has 0 saturated heterocycles. The first-order chi connectivity index (χ1) is 6.17. The van der Waals surface area contributed by atoms with E-state index in [1.807, 2.05) is 6.92 Å². The number of hydrogen-bond donors (Lipinski definition) is 2. The van der Waals surface area contributed by atoms with Gasteiger partial charge in [0.2, 0.25) is 0 Å². The van der Waals surface area contributed by atoms with Crippen LogP contribution in [0.3, 0.4) is 0 Å². The summed E-state index contributed by atoms with van der Waals surface area (Å²) in [6.45, 7) is 2.04.